The van der Waals surface area contributed by atoms with Crippen molar-refractivity contribution in [1.29, 1.82) is 0 Å². The van der Waals surface area contributed by atoms with Crippen LogP contribution in [0.3, 0.4) is 0 Å². The molecule has 7 nitrogen and oxygen atoms in total. The number of carbonyl (C=O) groups excluding carboxylic acids is 2. The molecule has 1 heterocycles. The molecule has 0 bridgehead atoms. The maximum Gasteiger partial charge on any atom is 0.323 e. The molecule has 0 aromatic heterocycles. The zero-order valence-corrected chi connectivity index (χ0v) is 20.1. The molecule has 0 aliphatic carbocycles. The summed E-state index contributed by atoms with van der Waals surface area (Å²) in [5, 5.41) is 8.68. The Labute approximate surface area is 196 Å². The third-order valence-corrected chi connectivity index (χ3v) is 5.72. The summed E-state index contributed by atoms with van der Waals surface area (Å²) >= 11 is 0. The lowest BCUT2D eigenvalue weighted by molar-refractivity contribution is 0.0949. The maximum absolute atomic E-state index is 13.0. The molecule has 0 spiro atoms. The summed E-state index contributed by atoms with van der Waals surface area (Å²) in [5.74, 6) is 1.69. The molecule has 0 saturated carbocycles. The van der Waals surface area contributed by atoms with E-state index in [4.69, 9.17) is 4.74 Å². The van der Waals surface area contributed by atoms with Crippen molar-refractivity contribution in [3.63, 3.8) is 0 Å². The average molecular weight is 453 g/mol. The number of amides is 3. The van der Waals surface area contributed by atoms with Gasteiger partial charge in [0.05, 0.1) is 12.2 Å². The maximum atomic E-state index is 13.0. The minimum atomic E-state index is -0.368. The number of rotatable bonds is 8. The Morgan fingerprint density at radius 2 is 1.67 bits per heavy atom. The summed E-state index contributed by atoms with van der Waals surface area (Å²) in [6, 6.07) is 12.4. The Hall–Kier alpha value is -3.22. The van der Waals surface area contributed by atoms with Gasteiger partial charge in [0, 0.05) is 36.7 Å². The van der Waals surface area contributed by atoms with Gasteiger partial charge < -0.3 is 25.6 Å². The van der Waals surface area contributed by atoms with Crippen LogP contribution in [0.2, 0.25) is 0 Å². The normalized spacial score (nSPS) is 14.2. The molecule has 0 atom stereocenters. The number of hydrogen-bond donors (Lipinski definition) is 3. The minimum absolute atomic E-state index is 0.118. The van der Waals surface area contributed by atoms with Gasteiger partial charge in [-0.3, -0.25) is 4.79 Å². The fraction of sp³-hybridized carbons (Fsp3) is 0.462. The van der Waals surface area contributed by atoms with E-state index in [0.29, 0.717) is 41.9 Å². The van der Waals surface area contributed by atoms with E-state index in [1.54, 1.807) is 18.2 Å². The number of ether oxygens (including phenoxy) is 1. The zero-order valence-electron chi connectivity index (χ0n) is 20.1. The molecule has 2 aromatic rings. The van der Waals surface area contributed by atoms with E-state index in [1.165, 1.54) is 0 Å². The van der Waals surface area contributed by atoms with Crippen molar-refractivity contribution in [2.24, 2.45) is 11.8 Å². The Bertz CT molecular complexity index is 935. The highest BCUT2D eigenvalue weighted by Gasteiger charge is 2.22. The molecule has 1 aliphatic heterocycles. The Morgan fingerprint density at radius 1 is 1.03 bits per heavy atom. The molecule has 1 fully saturated rings. The Balaban J connectivity index is 1.73. The van der Waals surface area contributed by atoms with Crippen molar-refractivity contribution in [3.05, 3.63) is 48.0 Å². The van der Waals surface area contributed by atoms with Gasteiger partial charge in [-0.1, -0.05) is 20.8 Å². The van der Waals surface area contributed by atoms with E-state index >= 15 is 0 Å². The van der Waals surface area contributed by atoms with E-state index in [9.17, 15) is 9.59 Å². The third-order valence-electron chi connectivity index (χ3n) is 5.72. The van der Waals surface area contributed by atoms with Crippen LogP contribution in [0.5, 0.6) is 5.75 Å². The summed E-state index contributed by atoms with van der Waals surface area (Å²) in [6.07, 6.45) is 2.22. The van der Waals surface area contributed by atoms with Gasteiger partial charge in [0.25, 0.3) is 5.91 Å². The van der Waals surface area contributed by atoms with Gasteiger partial charge in [0.2, 0.25) is 0 Å². The first-order valence-corrected chi connectivity index (χ1v) is 11.8. The second kappa shape index (κ2) is 11.6. The van der Waals surface area contributed by atoms with E-state index < -0.39 is 0 Å². The van der Waals surface area contributed by atoms with Crippen LogP contribution >= 0.6 is 0 Å². The van der Waals surface area contributed by atoms with Crippen LogP contribution in [0.15, 0.2) is 42.5 Å². The fourth-order valence-corrected chi connectivity index (χ4v) is 3.81. The topological polar surface area (TPSA) is 82.7 Å². The number of benzene rings is 2. The molecule has 1 aliphatic rings. The number of anilines is 3. The van der Waals surface area contributed by atoms with Crippen molar-refractivity contribution < 1.29 is 14.3 Å². The molecule has 0 radical (unpaired) electrons. The number of carbonyl (C=O) groups is 2. The lowest BCUT2D eigenvalue weighted by Gasteiger charge is -2.33. The predicted molar refractivity (Wildman–Crippen MR) is 134 cm³/mol. The highest BCUT2D eigenvalue weighted by Crippen LogP contribution is 2.29. The van der Waals surface area contributed by atoms with Crippen LogP contribution in [-0.2, 0) is 0 Å². The predicted octanol–water partition coefficient (Wildman–Crippen LogP) is 5.35. The van der Waals surface area contributed by atoms with Crippen LogP contribution < -0.4 is 25.6 Å². The highest BCUT2D eigenvalue weighted by molar-refractivity contribution is 6.04. The van der Waals surface area contributed by atoms with E-state index in [1.807, 2.05) is 31.2 Å². The zero-order chi connectivity index (χ0) is 23.8. The van der Waals surface area contributed by atoms with E-state index in [2.05, 4.69) is 41.6 Å². The summed E-state index contributed by atoms with van der Waals surface area (Å²) in [6.45, 7) is 11.4. The Morgan fingerprint density at radius 3 is 2.30 bits per heavy atom. The first-order valence-electron chi connectivity index (χ1n) is 11.8. The van der Waals surface area contributed by atoms with Crippen molar-refractivity contribution in [2.45, 2.75) is 40.5 Å². The molecular formula is C26H36N4O3. The van der Waals surface area contributed by atoms with Crippen LogP contribution in [0.1, 0.15) is 50.9 Å². The third kappa shape index (κ3) is 7.14. The molecule has 3 rings (SSSR count). The first-order chi connectivity index (χ1) is 15.9. The highest BCUT2D eigenvalue weighted by atomic mass is 16.5. The summed E-state index contributed by atoms with van der Waals surface area (Å²) in [4.78, 5) is 27.8. The lowest BCUT2D eigenvalue weighted by atomic mass is 9.97. The van der Waals surface area contributed by atoms with Gasteiger partial charge in [0.1, 0.15) is 5.75 Å². The number of hydrogen-bond acceptors (Lipinski definition) is 4. The largest absolute Gasteiger partial charge is 0.494 e. The molecule has 1 saturated heterocycles. The number of nitrogens with one attached hydrogen (secondary N) is 3. The van der Waals surface area contributed by atoms with Crippen molar-refractivity contribution >= 4 is 29.0 Å². The molecule has 3 N–H and O–H groups in total. The van der Waals surface area contributed by atoms with Gasteiger partial charge in [-0.25, -0.2) is 4.79 Å². The average Bonchev–Trinajstić information content (AvgIpc) is 2.79. The molecule has 0 unspecified atom stereocenters. The monoisotopic (exact) mass is 452 g/mol. The second-order valence-corrected chi connectivity index (χ2v) is 9.04. The number of urea groups is 1. The first kappa shape index (κ1) is 24.4. The van der Waals surface area contributed by atoms with Crippen LogP contribution in [-0.4, -0.2) is 38.2 Å². The minimum Gasteiger partial charge on any atom is -0.494 e. The van der Waals surface area contributed by atoms with Crippen molar-refractivity contribution in [3.8, 4) is 5.75 Å². The summed E-state index contributed by atoms with van der Waals surface area (Å²) in [5.41, 5.74) is 2.73. The molecule has 7 heteroatoms. The van der Waals surface area contributed by atoms with Gasteiger partial charge in [-0.05, 0) is 74.1 Å². The van der Waals surface area contributed by atoms with Crippen LogP contribution in [0.25, 0.3) is 0 Å². The second-order valence-electron chi connectivity index (χ2n) is 9.04. The fourth-order valence-electron chi connectivity index (χ4n) is 3.81. The van der Waals surface area contributed by atoms with Crippen molar-refractivity contribution in [1.82, 2.24) is 5.32 Å². The number of nitrogens with zero attached hydrogens (tertiary/aromatic N) is 1. The summed E-state index contributed by atoms with van der Waals surface area (Å²) < 4.78 is 5.43. The lowest BCUT2D eigenvalue weighted by Crippen LogP contribution is -2.35. The Kier molecular flexibility index (Phi) is 8.58. The molecule has 2 aromatic carbocycles. The van der Waals surface area contributed by atoms with Crippen molar-refractivity contribution in [2.75, 3.05) is 41.8 Å². The van der Waals surface area contributed by atoms with Gasteiger partial charge in [-0.15, -0.1) is 0 Å². The van der Waals surface area contributed by atoms with Crippen LogP contribution in [0, 0.1) is 11.8 Å². The van der Waals surface area contributed by atoms with Gasteiger partial charge >= 0.3 is 6.03 Å². The smallest absolute Gasteiger partial charge is 0.323 e. The van der Waals surface area contributed by atoms with Crippen LogP contribution in [0.4, 0.5) is 21.9 Å². The molecular weight excluding hydrogens is 416 g/mol. The molecule has 33 heavy (non-hydrogen) atoms. The van der Waals surface area contributed by atoms with Gasteiger partial charge in [-0.2, -0.15) is 0 Å². The standard InChI is InChI=1S/C26H36N4O3/c1-5-33-22-9-6-20(7-10-22)28-26(32)29-21-8-11-24(30-14-12-19(4)13-15-30)23(16-21)25(31)27-17-18(2)3/h6-11,16,18-19H,5,12-15,17H2,1-4H3,(H,27,31)(H2,28,29,32). The van der Waals surface area contributed by atoms with Gasteiger partial charge in [0.15, 0.2) is 0 Å². The number of piperidine rings is 1. The quantitative estimate of drug-likeness (QED) is 0.504. The van der Waals surface area contributed by atoms with E-state index in [0.717, 1.165) is 37.4 Å². The summed E-state index contributed by atoms with van der Waals surface area (Å²) in [7, 11) is 0. The molecule has 178 valence electrons. The SMILES string of the molecule is CCOc1ccc(NC(=O)Nc2ccc(N3CCC(C)CC3)c(C(=O)NCC(C)C)c2)cc1. The van der Waals surface area contributed by atoms with E-state index in [-0.39, 0.29) is 11.9 Å². The molecule has 3 amide bonds.